The van der Waals surface area contributed by atoms with Crippen molar-refractivity contribution in [3.05, 3.63) is 0 Å². The Morgan fingerprint density at radius 1 is 1.31 bits per heavy atom. The highest BCUT2D eigenvalue weighted by molar-refractivity contribution is 7.85. The Morgan fingerprint density at radius 3 is 2.25 bits per heavy atom. The van der Waals surface area contributed by atoms with E-state index in [1.54, 1.807) is 0 Å². The van der Waals surface area contributed by atoms with E-state index in [0.29, 0.717) is 0 Å². The maximum Gasteiger partial charge on any atom is 0.327 e. The van der Waals surface area contributed by atoms with Crippen LogP contribution in [0.2, 0.25) is 0 Å². The van der Waals surface area contributed by atoms with Gasteiger partial charge >= 0.3 is 11.9 Å². The Hall–Kier alpha value is -1.44. The molecule has 0 aliphatic heterocycles. The van der Waals surface area contributed by atoms with E-state index in [1.807, 2.05) is 0 Å². The Kier molecular flexibility index (Phi) is 6.31. The van der Waals surface area contributed by atoms with Crippen LogP contribution in [0.25, 0.3) is 0 Å². The highest BCUT2D eigenvalue weighted by Crippen LogP contribution is 1.94. The molecular formula is C8H13NO6S. The summed E-state index contributed by atoms with van der Waals surface area (Å²) in [5, 5.41) is 19.1. The molecule has 8 heteroatoms. The summed E-state index contributed by atoms with van der Waals surface area (Å²) in [6.07, 6.45) is -0.293. The molecule has 2 atom stereocenters. The Balaban J connectivity index is 4.18. The van der Waals surface area contributed by atoms with Gasteiger partial charge in [-0.2, -0.15) is 0 Å². The van der Waals surface area contributed by atoms with Crippen molar-refractivity contribution in [1.29, 1.82) is 0 Å². The van der Waals surface area contributed by atoms with E-state index in [4.69, 9.17) is 10.2 Å². The van der Waals surface area contributed by atoms with Gasteiger partial charge in [-0.05, 0) is 0 Å². The smallest absolute Gasteiger partial charge is 0.327 e. The molecule has 0 rings (SSSR count). The Morgan fingerprint density at radius 2 is 1.88 bits per heavy atom. The lowest BCUT2D eigenvalue weighted by Crippen LogP contribution is -2.43. The third kappa shape index (κ3) is 6.93. The van der Waals surface area contributed by atoms with Crippen molar-refractivity contribution in [3.63, 3.8) is 0 Å². The molecule has 0 fully saturated rings. The van der Waals surface area contributed by atoms with Crippen LogP contribution in [0, 0.1) is 0 Å². The van der Waals surface area contributed by atoms with E-state index in [2.05, 4.69) is 5.32 Å². The van der Waals surface area contributed by atoms with E-state index < -0.39 is 34.7 Å². The predicted molar refractivity (Wildman–Crippen MR) is 55.4 cm³/mol. The number of nitrogens with one attached hydrogen (secondary N) is 1. The van der Waals surface area contributed by atoms with Gasteiger partial charge in [0.15, 0.2) is 0 Å². The zero-order valence-corrected chi connectivity index (χ0v) is 9.45. The molecule has 0 aromatic carbocycles. The van der Waals surface area contributed by atoms with Crippen molar-refractivity contribution >= 4 is 28.6 Å². The topological polar surface area (TPSA) is 121 Å². The van der Waals surface area contributed by atoms with Crippen LogP contribution in [0.1, 0.15) is 13.3 Å². The second kappa shape index (κ2) is 6.94. The van der Waals surface area contributed by atoms with Crippen molar-refractivity contribution in [2.75, 3.05) is 11.5 Å². The Labute approximate surface area is 94.3 Å². The Bertz CT molecular complexity index is 316. The van der Waals surface area contributed by atoms with Crippen molar-refractivity contribution in [3.8, 4) is 0 Å². The quantitative estimate of drug-likeness (QED) is 0.522. The first-order valence-corrected chi connectivity index (χ1v) is 5.88. The van der Waals surface area contributed by atoms with Crippen molar-refractivity contribution in [2.45, 2.75) is 19.4 Å². The number of carboxylic acid groups (broad SMARTS) is 2. The molecule has 1 unspecified atom stereocenters. The van der Waals surface area contributed by atoms with Crippen LogP contribution >= 0.6 is 0 Å². The fraction of sp³-hybridized carbons (Fsp3) is 0.625. The normalized spacial score (nSPS) is 13.8. The number of hydrogen-bond donors (Lipinski definition) is 3. The van der Waals surface area contributed by atoms with E-state index in [-0.39, 0.29) is 17.9 Å². The van der Waals surface area contributed by atoms with Crippen molar-refractivity contribution in [1.82, 2.24) is 5.32 Å². The van der Waals surface area contributed by atoms with Crippen LogP contribution in [0.15, 0.2) is 0 Å². The molecule has 0 bridgehead atoms. The van der Waals surface area contributed by atoms with Gasteiger partial charge in [0, 0.05) is 23.5 Å². The highest BCUT2D eigenvalue weighted by Gasteiger charge is 2.21. The largest absolute Gasteiger partial charge is 0.481 e. The zero-order valence-electron chi connectivity index (χ0n) is 8.63. The number of rotatable bonds is 7. The molecule has 3 N–H and O–H groups in total. The average molecular weight is 251 g/mol. The molecule has 0 aromatic rings. The van der Waals surface area contributed by atoms with E-state index in [0.717, 1.165) is 6.92 Å². The fourth-order valence-electron chi connectivity index (χ4n) is 0.890. The minimum atomic E-state index is -1.58. The molecule has 0 heterocycles. The maximum atomic E-state index is 11.3. The van der Waals surface area contributed by atoms with Crippen LogP contribution in [0.5, 0.6) is 0 Å². The van der Waals surface area contributed by atoms with Crippen molar-refractivity contribution < 1.29 is 28.8 Å². The summed E-state index contributed by atoms with van der Waals surface area (Å²) >= 11 is 0. The van der Waals surface area contributed by atoms with Crippen LogP contribution < -0.4 is 5.32 Å². The van der Waals surface area contributed by atoms with Gasteiger partial charge in [-0.15, -0.1) is 0 Å². The molecule has 0 aliphatic rings. The van der Waals surface area contributed by atoms with E-state index >= 15 is 0 Å². The molecule has 1 amide bonds. The summed E-state index contributed by atoms with van der Waals surface area (Å²) in [6, 6.07) is -1.24. The minimum absolute atomic E-state index is 0.126. The highest BCUT2D eigenvalue weighted by atomic mass is 32.2. The maximum absolute atomic E-state index is 11.3. The summed E-state index contributed by atoms with van der Waals surface area (Å²) in [5.41, 5.74) is 0. The van der Waals surface area contributed by atoms with Gasteiger partial charge in [0.1, 0.15) is 6.04 Å². The van der Waals surface area contributed by atoms with Gasteiger partial charge in [0.05, 0.1) is 12.2 Å². The average Bonchev–Trinajstić information content (AvgIpc) is 2.12. The van der Waals surface area contributed by atoms with Gasteiger partial charge in [-0.1, -0.05) is 0 Å². The molecule has 0 aromatic heterocycles. The van der Waals surface area contributed by atoms with Crippen molar-refractivity contribution in [2.24, 2.45) is 0 Å². The predicted octanol–water partition coefficient (Wildman–Crippen LogP) is -1.20. The number of aliphatic carboxylic acids is 2. The van der Waals surface area contributed by atoms with Crippen LogP contribution in [-0.2, 0) is 25.2 Å². The minimum Gasteiger partial charge on any atom is -0.481 e. The SMILES string of the molecule is CC(=O)N[C@@H](CS(=O)CCC(=O)O)C(=O)O. The molecule has 0 radical (unpaired) electrons. The molecule has 0 saturated heterocycles. The number of carboxylic acids is 2. The zero-order chi connectivity index (χ0) is 12.7. The van der Waals surface area contributed by atoms with Crippen LogP contribution in [0.3, 0.4) is 0 Å². The van der Waals surface area contributed by atoms with Gasteiger partial charge in [0.25, 0.3) is 0 Å². The summed E-state index contributed by atoms with van der Waals surface area (Å²) < 4.78 is 11.3. The first-order valence-electron chi connectivity index (χ1n) is 4.39. The van der Waals surface area contributed by atoms with Crippen LogP contribution in [-0.4, -0.2) is 49.8 Å². The van der Waals surface area contributed by atoms with Gasteiger partial charge < -0.3 is 15.5 Å². The summed E-state index contributed by atoms with van der Waals surface area (Å²) in [5.74, 6) is -3.35. The number of carbonyl (C=O) groups excluding carboxylic acids is 1. The second-order valence-corrected chi connectivity index (χ2v) is 4.67. The molecule has 0 saturated carbocycles. The third-order valence-electron chi connectivity index (χ3n) is 1.57. The summed E-state index contributed by atoms with van der Waals surface area (Å²) in [4.78, 5) is 31.5. The van der Waals surface area contributed by atoms with E-state index in [9.17, 15) is 18.6 Å². The standard InChI is InChI=1S/C8H13NO6S/c1-5(10)9-6(8(13)14)4-16(15)3-2-7(11)12/h6H,2-4H2,1H3,(H,9,10)(H,11,12)(H,13,14)/t6-,16?/m0/s1. The first-order chi connectivity index (χ1) is 7.32. The molecule has 92 valence electrons. The second-order valence-electron chi connectivity index (χ2n) is 3.05. The summed E-state index contributed by atoms with van der Waals surface area (Å²) in [7, 11) is -1.58. The molecule has 0 spiro atoms. The lowest BCUT2D eigenvalue weighted by molar-refractivity contribution is -0.140. The number of hydrogen-bond acceptors (Lipinski definition) is 4. The molecular weight excluding hydrogens is 238 g/mol. The fourth-order valence-corrected chi connectivity index (χ4v) is 2.06. The molecule has 16 heavy (non-hydrogen) atoms. The van der Waals surface area contributed by atoms with Crippen LogP contribution in [0.4, 0.5) is 0 Å². The third-order valence-corrected chi connectivity index (χ3v) is 2.94. The molecule has 0 aliphatic carbocycles. The monoisotopic (exact) mass is 251 g/mol. The molecule has 7 nitrogen and oxygen atoms in total. The van der Waals surface area contributed by atoms with E-state index in [1.165, 1.54) is 0 Å². The lowest BCUT2D eigenvalue weighted by Gasteiger charge is -2.12. The summed E-state index contributed by atoms with van der Waals surface area (Å²) in [6.45, 7) is 1.15. The number of carbonyl (C=O) groups is 3. The number of amides is 1. The van der Waals surface area contributed by atoms with Gasteiger partial charge in [-0.25, -0.2) is 4.79 Å². The first kappa shape index (κ1) is 14.6. The van der Waals surface area contributed by atoms with Gasteiger partial charge in [-0.3, -0.25) is 13.8 Å². The lowest BCUT2D eigenvalue weighted by atomic mass is 10.3. The van der Waals surface area contributed by atoms with Gasteiger partial charge in [0.2, 0.25) is 5.91 Å².